The van der Waals surface area contributed by atoms with Crippen molar-refractivity contribution in [1.29, 1.82) is 0 Å². The Labute approximate surface area is 119 Å². The van der Waals surface area contributed by atoms with Crippen molar-refractivity contribution in [2.24, 2.45) is 0 Å². The van der Waals surface area contributed by atoms with Crippen molar-refractivity contribution in [3.05, 3.63) is 23.8 Å². The molecule has 0 amide bonds. The molecule has 0 saturated heterocycles. The van der Waals surface area contributed by atoms with Gasteiger partial charge in [-0.3, -0.25) is 4.79 Å². The Morgan fingerprint density at radius 1 is 1.35 bits per heavy atom. The molecule has 0 aromatic heterocycles. The highest BCUT2D eigenvalue weighted by molar-refractivity contribution is 5.66. The topological polar surface area (TPSA) is 55.8 Å². The van der Waals surface area contributed by atoms with E-state index < -0.39 is 5.97 Å². The number of benzene rings is 1. The van der Waals surface area contributed by atoms with Gasteiger partial charge in [0.05, 0.1) is 6.61 Å². The molecule has 1 aliphatic rings. The molecule has 4 heteroatoms. The number of fused-ring (bicyclic) bond motifs is 1. The lowest BCUT2D eigenvalue weighted by Crippen LogP contribution is -2.24. The van der Waals surface area contributed by atoms with Gasteiger partial charge in [0, 0.05) is 18.4 Å². The van der Waals surface area contributed by atoms with Crippen LogP contribution >= 0.6 is 0 Å². The van der Waals surface area contributed by atoms with E-state index in [0.29, 0.717) is 13.0 Å². The molecule has 0 radical (unpaired) electrons. The van der Waals surface area contributed by atoms with E-state index >= 15 is 0 Å². The number of hydrogen-bond acceptors (Lipinski definition) is 3. The Kier molecular flexibility index (Phi) is 4.53. The van der Waals surface area contributed by atoms with Crippen LogP contribution in [0.3, 0.4) is 0 Å². The van der Waals surface area contributed by atoms with Gasteiger partial charge in [-0.1, -0.05) is 12.1 Å². The van der Waals surface area contributed by atoms with Crippen LogP contribution in [0.1, 0.15) is 45.1 Å². The molecule has 0 bridgehead atoms. The monoisotopic (exact) mass is 278 g/mol. The van der Waals surface area contributed by atoms with Crippen molar-refractivity contribution in [3.63, 3.8) is 0 Å². The van der Waals surface area contributed by atoms with Crippen LogP contribution in [-0.2, 0) is 11.2 Å². The zero-order valence-electron chi connectivity index (χ0n) is 12.1. The fourth-order valence-electron chi connectivity index (χ4n) is 2.44. The molecule has 0 atom stereocenters. The fraction of sp³-hybridized carbons (Fsp3) is 0.562. The van der Waals surface area contributed by atoms with Crippen molar-refractivity contribution < 1.29 is 19.4 Å². The van der Waals surface area contributed by atoms with Crippen LogP contribution in [0.15, 0.2) is 18.2 Å². The molecule has 2 rings (SSSR count). The lowest BCUT2D eigenvalue weighted by atomic mass is 10.0. The van der Waals surface area contributed by atoms with Gasteiger partial charge in [-0.2, -0.15) is 0 Å². The number of para-hydroxylation sites is 1. The highest BCUT2D eigenvalue weighted by Crippen LogP contribution is 2.41. The second-order valence-corrected chi connectivity index (χ2v) is 5.84. The van der Waals surface area contributed by atoms with Crippen LogP contribution < -0.4 is 9.47 Å². The summed E-state index contributed by atoms with van der Waals surface area (Å²) in [6, 6.07) is 5.99. The number of rotatable bonds is 7. The summed E-state index contributed by atoms with van der Waals surface area (Å²) in [6.45, 7) is 4.74. The minimum Gasteiger partial charge on any atom is -0.490 e. The third-order valence-corrected chi connectivity index (χ3v) is 3.35. The van der Waals surface area contributed by atoms with Gasteiger partial charge < -0.3 is 14.6 Å². The first-order valence-corrected chi connectivity index (χ1v) is 7.13. The zero-order valence-corrected chi connectivity index (χ0v) is 12.1. The van der Waals surface area contributed by atoms with Gasteiger partial charge in [0.15, 0.2) is 11.5 Å². The number of unbranched alkanes of at least 4 members (excludes halogenated alkanes) is 2. The van der Waals surface area contributed by atoms with Crippen molar-refractivity contribution >= 4 is 5.97 Å². The summed E-state index contributed by atoms with van der Waals surface area (Å²) in [5, 5.41) is 8.56. The summed E-state index contributed by atoms with van der Waals surface area (Å²) < 4.78 is 11.7. The highest BCUT2D eigenvalue weighted by atomic mass is 16.5. The number of carboxylic acids is 1. The second kappa shape index (κ2) is 6.16. The molecule has 1 heterocycles. The van der Waals surface area contributed by atoms with E-state index in [4.69, 9.17) is 14.6 Å². The first-order valence-electron chi connectivity index (χ1n) is 7.13. The van der Waals surface area contributed by atoms with Crippen LogP contribution in [0.4, 0.5) is 0 Å². The highest BCUT2D eigenvalue weighted by Gasteiger charge is 2.32. The van der Waals surface area contributed by atoms with Crippen LogP contribution in [0.5, 0.6) is 11.5 Å². The van der Waals surface area contributed by atoms with Crippen molar-refractivity contribution in [2.75, 3.05) is 6.61 Å². The Morgan fingerprint density at radius 2 is 2.15 bits per heavy atom. The molecular weight excluding hydrogens is 256 g/mol. The fourth-order valence-corrected chi connectivity index (χ4v) is 2.44. The smallest absolute Gasteiger partial charge is 0.303 e. The average Bonchev–Trinajstić information content (AvgIpc) is 2.67. The first-order chi connectivity index (χ1) is 9.48. The standard InChI is InChI=1S/C16H22O4/c1-16(2)11-12-7-6-8-13(15(12)20-16)19-10-5-3-4-9-14(17)18/h6-8H,3-5,9-11H2,1-2H3,(H,17,18). The van der Waals surface area contributed by atoms with Gasteiger partial charge in [0.25, 0.3) is 0 Å². The molecule has 1 aliphatic heterocycles. The van der Waals surface area contributed by atoms with Crippen molar-refractivity contribution in [1.82, 2.24) is 0 Å². The lowest BCUT2D eigenvalue weighted by molar-refractivity contribution is -0.137. The number of ether oxygens (including phenoxy) is 2. The number of hydrogen-bond donors (Lipinski definition) is 1. The van der Waals surface area contributed by atoms with Gasteiger partial charge in [-0.15, -0.1) is 0 Å². The maximum Gasteiger partial charge on any atom is 0.303 e. The SMILES string of the molecule is CC1(C)Cc2cccc(OCCCCCC(=O)O)c2O1. The van der Waals surface area contributed by atoms with E-state index in [1.807, 2.05) is 12.1 Å². The normalized spacial score (nSPS) is 15.5. The van der Waals surface area contributed by atoms with Crippen LogP contribution in [0.2, 0.25) is 0 Å². The molecular formula is C16H22O4. The summed E-state index contributed by atoms with van der Waals surface area (Å²) in [6.07, 6.45) is 3.57. The summed E-state index contributed by atoms with van der Waals surface area (Å²) in [5.74, 6) is 0.928. The Hall–Kier alpha value is -1.71. The molecule has 0 fully saturated rings. The predicted octanol–water partition coefficient (Wildman–Crippen LogP) is 3.42. The zero-order chi connectivity index (χ0) is 14.6. The molecule has 1 aromatic rings. The van der Waals surface area contributed by atoms with Gasteiger partial charge in [0.2, 0.25) is 0 Å². The van der Waals surface area contributed by atoms with E-state index in [2.05, 4.69) is 19.9 Å². The van der Waals surface area contributed by atoms with Crippen molar-refractivity contribution in [2.45, 2.75) is 51.6 Å². The first kappa shape index (κ1) is 14.7. The molecule has 1 N–H and O–H groups in total. The van der Waals surface area contributed by atoms with Gasteiger partial charge in [-0.05, 0) is 39.2 Å². The van der Waals surface area contributed by atoms with E-state index in [9.17, 15) is 4.79 Å². The minimum atomic E-state index is -0.734. The van der Waals surface area contributed by atoms with E-state index in [0.717, 1.165) is 30.8 Å². The minimum absolute atomic E-state index is 0.163. The number of carbonyl (C=O) groups is 1. The summed E-state index contributed by atoms with van der Waals surface area (Å²) in [4.78, 5) is 10.4. The van der Waals surface area contributed by atoms with Gasteiger partial charge in [-0.25, -0.2) is 0 Å². The van der Waals surface area contributed by atoms with Crippen LogP contribution in [-0.4, -0.2) is 23.3 Å². The summed E-state index contributed by atoms with van der Waals surface area (Å²) >= 11 is 0. The molecule has 1 aromatic carbocycles. The van der Waals surface area contributed by atoms with Crippen LogP contribution in [0.25, 0.3) is 0 Å². The molecule has 20 heavy (non-hydrogen) atoms. The summed E-state index contributed by atoms with van der Waals surface area (Å²) in [7, 11) is 0. The molecule has 0 spiro atoms. The third-order valence-electron chi connectivity index (χ3n) is 3.35. The largest absolute Gasteiger partial charge is 0.490 e. The molecule has 110 valence electrons. The molecule has 0 aliphatic carbocycles. The quantitative estimate of drug-likeness (QED) is 0.776. The summed E-state index contributed by atoms with van der Waals surface area (Å²) in [5.41, 5.74) is 1.03. The maximum absolute atomic E-state index is 10.4. The van der Waals surface area contributed by atoms with Gasteiger partial charge >= 0.3 is 5.97 Å². The van der Waals surface area contributed by atoms with E-state index in [1.165, 1.54) is 5.56 Å². The van der Waals surface area contributed by atoms with Crippen LogP contribution in [0, 0.1) is 0 Å². The molecule has 0 saturated carbocycles. The Bertz CT molecular complexity index is 479. The lowest BCUT2D eigenvalue weighted by Gasteiger charge is -2.18. The second-order valence-electron chi connectivity index (χ2n) is 5.84. The maximum atomic E-state index is 10.4. The number of aliphatic carboxylic acids is 1. The van der Waals surface area contributed by atoms with E-state index in [1.54, 1.807) is 0 Å². The van der Waals surface area contributed by atoms with E-state index in [-0.39, 0.29) is 12.0 Å². The third kappa shape index (κ3) is 3.89. The predicted molar refractivity (Wildman–Crippen MR) is 76.5 cm³/mol. The molecule has 0 unspecified atom stereocenters. The average molecular weight is 278 g/mol. The Balaban J connectivity index is 1.80. The van der Waals surface area contributed by atoms with Gasteiger partial charge in [0.1, 0.15) is 5.60 Å². The Morgan fingerprint density at radius 3 is 2.90 bits per heavy atom. The number of carboxylic acid groups (broad SMARTS) is 1. The van der Waals surface area contributed by atoms with Crippen molar-refractivity contribution in [3.8, 4) is 11.5 Å². The molecule has 4 nitrogen and oxygen atoms in total.